The van der Waals surface area contributed by atoms with Gasteiger partial charge in [-0.1, -0.05) is 25.0 Å². The standard InChI is InChI=1S/C21H29N5O.2ClH/c1-14-9-10-16(21-25-24-19-8-3-2-4-11-26(19)21)12-18(14)23-20(27)13-15-6-5-7-17(15)22;;/h9-10,12,15,17H,2-8,11,13,22H2,1H3,(H,23,27);2*1H/t15-,17+;;/m0../s1. The molecule has 0 unspecified atom stereocenters. The molecule has 8 heteroatoms. The lowest BCUT2D eigenvalue weighted by molar-refractivity contribution is -0.117. The van der Waals surface area contributed by atoms with Gasteiger partial charge in [-0.2, -0.15) is 0 Å². The minimum Gasteiger partial charge on any atom is -0.327 e. The van der Waals surface area contributed by atoms with Crippen LogP contribution in [0.2, 0.25) is 0 Å². The molecule has 0 radical (unpaired) electrons. The Morgan fingerprint density at radius 1 is 1.17 bits per heavy atom. The van der Waals surface area contributed by atoms with Gasteiger partial charge in [-0.25, -0.2) is 0 Å². The second kappa shape index (κ2) is 10.4. The molecule has 4 rings (SSSR count). The fourth-order valence-electron chi connectivity index (χ4n) is 4.35. The smallest absolute Gasteiger partial charge is 0.224 e. The summed E-state index contributed by atoms with van der Waals surface area (Å²) in [6, 6.07) is 6.31. The van der Waals surface area contributed by atoms with Crippen molar-refractivity contribution in [2.45, 2.75) is 70.9 Å². The third-order valence-corrected chi connectivity index (χ3v) is 6.04. The van der Waals surface area contributed by atoms with E-state index in [-0.39, 0.29) is 36.8 Å². The van der Waals surface area contributed by atoms with Crippen molar-refractivity contribution in [3.8, 4) is 11.4 Å². The highest BCUT2D eigenvalue weighted by Crippen LogP contribution is 2.29. The number of anilines is 1. The number of nitrogens with two attached hydrogens (primary N) is 1. The molecule has 2 heterocycles. The molecule has 29 heavy (non-hydrogen) atoms. The van der Waals surface area contributed by atoms with Crippen LogP contribution in [0.25, 0.3) is 11.4 Å². The Kier molecular flexibility index (Phi) is 8.49. The first-order valence-corrected chi connectivity index (χ1v) is 10.2. The van der Waals surface area contributed by atoms with E-state index in [9.17, 15) is 4.79 Å². The van der Waals surface area contributed by atoms with Crippen LogP contribution in [0.1, 0.15) is 56.3 Å². The highest BCUT2D eigenvalue weighted by molar-refractivity contribution is 5.92. The number of amides is 1. The summed E-state index contributed by atoms with van der Waals surface area (Å²) in [6.07, 6.45) is 8.29. The van der Waals surface area contributed by atoms with Gasteiger partial charge in [0.05, 0.1) is 0 Å². The zero-order valence-corrected chi connectivity index (χ0v) is 18.5. The lowest BCUT2D eigenvalue weighted by atomic mass is 9.99. The number of fused-ring (bicyclic) bond motifs is 1. The van der Waals surface area contributed by atoms with Gasteiger partial charge in [-0.05, 0) is 50.2 Å². The maximum absolute atomic E-state index is 12.5. The molecule has 0 spiro atoms. The van der Waals surface area contributed by atoms with Crippen LogP contribution in [0.3, 0.4) is 0 Å². The number of aromatic nitrogens is 3. The first-order chi connectivity index (χ1) is 13.1. The molecule has 2 atom stereocenters. The molecule has 2 aromatic rings. The molecule has 0 saturated heterocycles. The van der Waals surface area contributed by atoms with Crippen LogP contribution in [0.4, 0.5) is 5.69 Å². The van der Waals surface area contributed by atoms with E-state index in [1.165, 1.54) is 12.8 Å². The van der Waals surface area contributed by atoms with Crippen LogP contribution < -0.4 is 11.1 Å². The van der Waals surface area contributed by atoms with Gasteiger partial charge < -0.3 is 15.6 Å². The molecule has 1 aromatic carbocycles. The number of hydrogen-bond donors (Lipinski definition) is 2. The monoisotopic (exact) mass is 439 g/mol. The van der Waals surface area contributed by atoms with Gasteiger partial charge in [0.2, 0.25) is 5.91 Å². The van der Waals surface area contributed by atoms with Crippen LogP contribution in [-0.2, 0) is 17.8 Å². The molecule has 3 N–H and O–H groups in total. The van der Waals surface area contributed by atoms with Crippen molar-refractivity contribution in [2.75, 3.05) is 5.32 Å². The number of carbonyl (C=O) groups excluding carboxylic acids is 1. The Bertz CT molecular complexity index is 838. The van der Waals surface area contributed by atoms with Crippen molar-refractivity contribution in [3.63, 3.8) is 0 Å². The van der Waals surface area contributed by atoms with E-state index >= 15 is 0 Å². The van der Waals surface area contributed by atoms with Crippen molar-refractivity contribution in [3.05, 3.63) is 29.6 Å². The van der Waals surface area contributed by atoms with Gasteiger partial charge in [0.25, 0.3) is 0 Å². The average Bonchev–Trinajstić information content (AvgIpc) is 3.16. The first-order valence-electron chi connectivity index (χ1n) is 10.2. The molecule has 0 bridgehead atoms. The Morgan fingerprint density at radius 3 is 2.76 bits per heavy atom. The minimum atomic E-state index is 0. The van der Waals surface area contributed by atoms with Gasteiger partial charge in [0.15, 0.2) is 5.82 Å². The zero-order chi connectivity index (χ0) is 18.8. The lowest BCUT2D eigenvalue weighted by Crippen LogP contribution is -2.28. The van der Waals surface area contributed by atoms with Crippen molar-refractivity contribution in [1.82, 2.24) is 14.8 Å². The number of aryl methyl sites for hydroxylation is 2. The van der Waals surface area contributed by atoms with Gasteiger partial charge in [-0.15, -0.1) is 35.0 Å². The predicted molar refractivity (Wildman–Crippen MR) is 121 cm³/mol. The van der Waals surface area contributed by atoms with Crippen molar-refractivity contribution < 1.29 is 4.79 Å². The van der Waals surface area contributed by atoms with Gasteiger partial charge in [-0.3, -0.25) is 4.79 Å². The van der Waals surface area contributed by atoms with Crippen molar-refractivity contribution in [2.24, 2.45) is 11.7 Å². The maximum atomic E-state index is 12.5. The quantitative estimate of drug-likeness (QED) is 0.743. The molecule has 1 aromatic heterocycles. The Hall–Kier alpha value is -1.63. The number of hydrogen-bond acceptors (Lipinski definition) is 4. The summed E-state index contributed by atoms with van der Waals surface area (Å²) < 4.78 is 2.24. The predicted octanol–water partition coefficient (Wildman–Crippen LogP) is 4.28. The third kappa shape index (κ3) is 5.30. The maximum Gasteiger partial charge on any atom is 0.224 e. The normalized spacial score (nSPS) is 20.8. The van der Waals surface area contributed by atoms with E-state index in [1.807, 2.05) is 19.1 Å². The topological polar surface area (TPSA) is 85.8 Å². The molecule has 1 amide bonds. The number of carbonyl (C=O) groups is 1. The van der Waals surface area contributed by atoms with Crippen LogP contribution in [-0.4, -0.2) is 26.7 Å². The Labute approximate surface area is 184 Å². The van der Waals surface area contributed by atoms with E-state index in [2.05, 4.69) is 26.1 Å². The second-order valence-electron chi connectivity index (χ2n) is 8.04. The molecule has 1 aliphatic carbocycles. The molecule has 6 nitrogen and oxygen atoms in total. The van der Waals surface area contributed by atoms with Gasteiger partial charge in [0.1, 0.15) is 5.82 Å². The summed E-state index contributed by atoms with van der Waals surface area (Å²) in [5.74, 6) is 2.34. The molecule has 2 aliphatic rings. The molecular formula is C21H31Cl2N5O. The Balaban J connectivity index is 0.00000150. The summed E-state index contributed by atoms with van der Waals surface area (Å²) in [7, 11) is 0. The van der Waals surface area contributed by atoms with Crippen LogP contribution in [0, 0.1) is 12.8 Å². The molecule has 160 valence electrons. The summed E-state index contributed by atoms with van der Waals surface area (Å²) in [6.45, 7) is 2.98. The zero-order valence-electron chi connectivity index (χ0n) is 16.9. The van der Waals surface area contributed by atoms with Gasteiger partial charge in [0, 0.05) is 36.7 Å². The number of nitrogens with zero attached hydrogens (tertiary/aromatic N) is 3. The Morgan fingerprint density at radius 2 is 2.00 bits per heavy atom. The van der Waals surface area contributed by atoms with E-state index in [0.29, 0.717) is 12.3 Å². The highest BCUT2D eigenvalue weighted by Gasteiger charge is 2.26. The van der Waals surface area contributed by atoms with E-state index in [0.717, 1.165) is 67.1 Å². The van der Waals surface area contributed by atoms with E-state index in [1.54, 1.807) is 0 Å². The number of halogens is 2. The molecule has 1 fully saturated rings. The summed E-state index contributed by atoms with van der Waals surface area (Å²) >= 11 is 0. The second-order valence-corrected chi connectivity index (χ2v) is 8.04. The highest BCUT2D eigenvalue weighted by atomic mass is 35.5. The lowest BCUT2D eigenvalue weighted by Gasteiger charge is -2.16. The number of nitrogens with one attached hydrogen (secondary N) is 1. The molecular weight excluding hydrogens is 409 g/mol. The molecule has 1 saturated carbocycles. The van der Waals surface area contributed by atoms with E-state index in [4.69, 9.17) is 5.73 Å². The largest absolute Gasteiger partial charge is 0.327 e. The minimum absolute atomic E-state index is 0. The SMILES string of the molecule is Cc1ccc(-c2nnc3n2CCCCC3)cc1NC(=O)C[C@@H]1CCC[C@H]1N.Cl.Cl. The number of benzene rings is 1. The van der Waals surface area contributed by atoms with Crippen LogP contribution in [0.5, 0.6) is 0 Å². The van der Waals surface area contributed by atoms with Crippen molar-refractivity contribution in [1.29, 1.82) is 0 Å². The fourth-order valence-corrected chi connectivity index (χ4v) is 4.35. The molecule has 1 aliphatic heterocycles. The van der Waals surface area contributed by atoms with Crippen LogP contribution in [0.15, 0.2) is 18.2 Å². The summed E-state index contributed by atoms with van der Waals surface area (Å²) in [4.78, 5) is 12.5. The van der Waals surface area contributed by atoms with E-state index < -0.39 is 0 Å². The summed E-state index contributed by atoms with van der Waals surface area (Å²) in [5, 5.41) is 11.9. The van der Waals surface area contributed by atoms with Crippen molar-refractivity contribution >= 4 is 36.4 Å². The van der Waals surface area contributed by atoms with Gasteiger partial charge >= 0.3 is 0 Å². The fraction of sp³-hybridized carbons (Fsp3) is 0.571. The third-order valence-electron chi connectivity index (χ3n) is 6.04. The average molecular weight is 440 g/mol. The van der Waals surface area contributed by atoms with Crippen LogP contribution >= 0.6 is 24.8 Å². The number of rotatable bonds is 4. The first kappa shape index (κ1) is 23.6. The summed E-state index contributed by atoms with van der Waals surface area (Å²) in [5.41, 5.74) is 9.04.